The molecule has 0 radical (unpaired) electrons. The number of carbonyl (C=O) groups excluding carboxylic acids is 1. The number of anilines is 1. The van der Waals surface area contributed by atoms with Crippen LogP contribution in [0.25, 0.3) is 0 Å². The Balaban J connectivity index is 2.22. The van der Waals surface area contributed by atoms with Crippen LogP contribution in [0.4, 0.5) is 10.5 Å². The number of carboxylic acids is 1. The normalized spacial score (nSPS) is 15.4. The summed E-state index contributed by atoms with van der Waals surface area (Å²) < 4.78 is 0. The summed E-state index contributed by atoms with van der Waals surface area (Å²) in [4.78, 5) is 25.5. The van der Waals surface area contributed by atoms with Crippen LogP contribution < -0.4 is 5.32 Å². The lowest BCUT2D eigenvalue weighted by atomic mass is 10.0. The van der Waals surface area contributed by atoms with Gasteiger partial charge in [-0.05, 0) is 43.9 Å². The average molecular weight is 290 g/mol. The van der Waals surface area contributed by atoms with E-state index in [4.69, 9.17) is 0 Å². The number of rotatable bonds is 2. The van der Waals surface area contributed by atoms with Crippen LogP contribution in [0.2, 0.25) is 0 Å². The Morgan fingerprint density at radius 3 is 2.29 bits per heavy atom. The van der Waals surface area contributed by atoms with E-state index in [2.05, 4.69) is 5.32 Å². The fraction of sp³-hybridized carbons (Fsp3) is 0.500. The summed E-state index contributed by atoms with van der Waals surface area (Å²) in [5, 5.41) is 12.1. The lowest BCUT2D eigenvalue weighted by Crippen LogP contribution is -2.36. The zero-order valence-electron chi connectivity index (χ0n) is 12.6. The maximum Gasteiger partial charge on any atom is 0.337 e. The van der Waals surface area contributed by atoms with Gasteiger partial charge in [0.05, 0.1) is 11.3 Å². The highest BCUT2D eigenvalue weighted by atomic mass is 16.4. The number of aryl methyl sites for hydroxylation is 2. The Kier molecular flexibility index (Phi) is 4.83. The van der Waals surface area contributed by atoms with E-state index >= 15 is 0 Å². The molecule has 1 fully saturated rings. The molecule has 0 unspecified atom stereocenters. The van der Waals surface area contributed by atoms with E-state index in [0.717, 1.165) is 49.9 Å². The summed E-state index contributed by atoms with van der Waals surface area (Å²) in [6.07, 6.45) is 4.31. The van der Waals surface area contributed by atoms with Gasteiger partial charge in [-0.1, -0.05) is 18.9 Å². The van der Waals surface area contributed by atoms with E-state index in [0.29, 0.717) is 5.69 Å². The third-order valence-electron chi connectivity index (χ3n) is 3.84. The van der Waals surface area contributed by atoms with Crippen LogP contribution in [-0.2, 0) is 0 Å². The number of likely N-dealkylation sites (tertiary alicyclic amines) is 1. The van der Waals surface area contributed by atoms with Crippen molar-refractivity contribution in [3.8, 4) is 0 Å². The van der Waals surface area contributed by atoms with Gasteiger partial charge >= 0.3 is 12.0 Å². The molecule has 1 aliphatic rings. The summed E-state index contributed by atoms with van der Waals surface area (Å²) in [5.41, 5.74) is 2.20. The Morgan fingerprint density at radius 1 is 1.10 bits per heavy atom. The van der Waals surface area contributed by atoms with Crippen LogP contribution in [0.1, 0.15) is 47.2 Å². The SMILES string of the molecule is Cc1cc(C)c(NC(=O)N2CCCCCC2)c(C(=O)O)c1. The second-order valence-corrected chi connectivity index (χ2v) is 5.64. The molecule has 0 aromatic heterocycles. The summed E-state index contributed by atoms with van der Waals surface area (Å²) in [5.74, 6) is -1.02. The number of nitrogens with one attached hydrogen (secondary N) is 1. The molecule has 5 heteroatoms. The number of benzene rings is 1. The fourth-order valence-corrected chi connectivity index (χ4v) is 2.76. The summed E-state index contributed by atoms with van der Waals surface area (Å²) >= 11 is 0. The topological polar surface area (TPSA) is 69.6 Å². The molecule has 1 saturated heterocycles. The van der Waals surface area contributed by atoms with E-state index in [-0.39, 0.29) is 11.6 Å². The Hall–Kier alpha value is -2.04. The van der Waals surface area contributed by atoms with Crippen molar-refractivity contribution in [1.29, 1.82) is 0 Å². The summed E-state index contributed by atoms with van der Waals surface area (Å²) in [7, 11) is 0. The molecule has 2 rings (SSSR count). The predicted octanol–water partition coefficient (Wildman–Crippen LogP) is 3.41. The van der Waals surface area contributed by atoms with E-state index in [1.165, 1.54) is 0 Å². The molecule has 2 N–H and O–H groups in total. The van der Waals surface area contributed by atoms with E-state index in [9.17, 15) is 14.7 Å². The van der Waals surface area contributed by atoms with Gasteiger partial charge in [0.1, 0.15) is 0 Å². The maximum atomic E-state index is 12.4. The van der Waals surface area contributed by atoms with Gasteiger partial charge in [-0.2, -0.15) is 0 Å². The molecule has 1 aliphatic heterocycles. The van der Waals surface area contributed by atoms with Crippen LogP contribution in [-0.4, -0.2) is 35.1 Å². The molecule has 0 bridgehead atoms. The lowest BCUT2D eigenvalue weighted by molar-refractivity contribution is 0.0698. The minimum absolute atomic E-state index is 0.149. The third-order valence-corrected chi connectivity index (χ3v) is 3.84. The first-order chi connectivity index (χ1) is 9.99. The largest absolute Gasteiger partial charge is 0.478 e. The molecule has 21 heavy (non-hydrogen) atoms. The van der Waals surface area contributed by atoms with Crippen LogP contribution in [0.3, 0.4) is 0 Å². The lowest BCUT2D eigenvalue weighted by Gasteiger charge is -2.22. The van der Waals surface area contributed by atoms with Gasteiger partial charge < -0.3 is 15.3 Å². The number of aromatic carboxylic acids is 1. The van der Waals surface area contributed by atoms with Crippen LogP contribution in [0, 0.1) is 13.8 Å². The minimum Gasteiger partial charge on any atom is -0.478 e. The number of amides is 2. The number of nitrogens with zero attached hydrogens (tertiary/aromatic N) is 1. The molecule has 0 saturated carbocycles. The van der Waals surface area contributed by atoms with Gasteiger partial charge in [0.25, 0.3) is 0 Å². The van der Waals surface area contributed by atoms with Crippen molar-refractivity contribution in [2.24, 2.45) is 0 Å². The maximum absolute atomic E-state index is 12.4. The van der Waals surface area contributed by atoms with Gasteiger partial charge in [0.15, 0.2) is 0 Å². The first-order valence-corrected chi connectivity index (χ1v) is 7.39. The van der Waals surface area contributed by atoms with Gasteiger partial charge in [-0.15, -0.1) is 0 Å². The van der Waals surface area contributed by atoms with Crippen LogP contribution in [0.5, 0.6) is 0 Å². The molecule has 1 heterocycles. The predicted molar refractivity (Wildman–Crippen MR) is 81.9 cm³/mol. The number of carbonyl (C=O) groups is 2. The Morgan fingerprint density at radius 2 is 1.71 bits per heavy atom. The molecule has 2 amide bonds. The van der Waals surface area contributed by atoms with Crippen molar-refractivity contribution in [3.63, 3.8) is 0 Å². The Bertz CT molecular complexity index is 547. The molecule has 1 aromatic carbocycles. The highest BCUT2D eigenvalue weighted by Gasteiger charge is 2.20. The Labute approximate surface area is 125 Å². The van der Waals surface area contributed by atoms with Crippen LogP contribution in [0.15, 0.2) is 12.1 Å². The second kappa shape index (κ2) is 6.61. The second-order valence-electron chi connectivity index (χ2n) is 5.64. The van der Waals surface area contributed by atoms with Crippen molar-refractivity contribution in [1.82, 2.24) is 4.90 Å². The van der Waals surface area contributed by atoms with Gasteiger partial charge in [0, 0.05) is 13.1 Å². The van der Waals surface area contributed by atoms with Gasteiger partial charge in [-0.3, -0.25) is 0 Å². The standard InChI is InChI=1S/C16H22N2O3/c1-11-9-12(2)14(13(10-11)15(19)20)17-16(21)18-7-5-3-4-6-8-18/h9-10H,3-8H2,1-2H3,(H,17,21)(H,19,20). The van der Waals surface area contributed by atoms with Crippen molar-refractivity contribution < 1.29 is 14.7 Å². The molecule has 114 valence electrons. The number of hydrogen-bond acceptors (Lipinski definition) is 2. The quantitative estimate of drug-likeness (QED) is 0.877. The summed E-state index contributed by atoms with van der Waals surface area (Å²) in [6, 6.07) is 3.27. The zero-order chi connectivity index (χ0) is 15.4. The number of hydrogen-bond donors (Lipinski definition) is 2. The van der Waals surface area contributed by atoms with Gasteiger partial charge in [0.2, 0.25) is 0 Å². The van der Waals surface area contributed by atoms with E-state index in [1.807, 2.05) is 19.9 Å². The van der Waals surface area contributed by atoms with Crippen molar-refractivity contribution >= 4 is 17.7 Å². The highest BCUT2D eigenvalue weighted by molar-refractivity contribution is 6.01. The molecule has 0 aliphatic carbocycles. The first kappa shape index (κ1) is 15.4. The molecular weight excluding hydrogens is 268 g/mol. The molecule has 1 aromatic rings. The molecule has 0 atom stereocenters. The minimum atomic E-state index is -1.02. The van der Waals surface area contributed by atoms with Crippen LogP contribution >= 0.6 is 0 Å². The number of carboxylic acid groups (broad SMARTS) is 1. The van der Waals surface area contributed by atoms with Crippen molar-refractivity contribution in [2.75, 3.05) is 18.4 Å². The monoisotopic (exact) mass is 290 g/mol. The number of urea groups is 1. The zero-order valence-corrected chi connectivity index (χ0v) is 12.6. The van der Waals surface area contributed by atoms with Gasteiger partial charge in [-0.25, -0.2) is 9.59 Å². The van der Waals surface area contributed by atoms with E-state index < -0.39 is 5.97 Å². The molecule has 5 nitrogen and oxygen atoms in total. The molecular formula is C16H22N2O3. The third kappa shape index (κ3) is 3.74. The first-order valence-electron chi connectivity index (χ1n) is 7.39. The fourth-order valence-electron chi connectivity index (χ4n) is 2.76. The smallest absolute Gasteiger partial charge is 0.337 e. The summed E-state index contributed by atoms with van der Waals surface area (Å²) in [6.45, 7) is 5.13. The van der Waals surface area contributed by atoms with E-state index in [1.54, 1.807) is 11.0 Å². The average Bonchev–Trinajstić information content (AvgIpc) is 2.70. The highest BCUT2D eigenvalue weighted by Crippen LogP contribution is 2.24. The molecule has 0 spiro atoms. The van der Waals surface area contributed by atoms with Crippen molar-refractivity contribution in [2.45, 2.75) is 39.5 Å². The van der Waals surface area contributed by atoms with Crippen molar-refractivity contribution in [3.05, 3.63) is 28.8 Å².